The minimum absolute atomic E-state index is 0.000686. The number of rotatable bonds is 6. The highest BCUT2D eigenvalue weighted by atomic mass is 32.1. The van der Waals surface area contributed by atoms with Crippen LogP contribution in [0.15, 0.2) is 23.8 Å². The molecule has 7 heteroatoms. The van der Waals surface area contributed by atoms with Crippen molar-refractivity contribution in [3.63, 3.8) is 0 Å². The Balaban J connectivity index is 1.71. The SMILES string of the molecule is COCCn1ccnc1[C@H]1CCCN(C(=O)c2csc(C(C)=O)c2)C1. The molecule has 25 heavy (non-hydrogen) atoms. The van der Waals surface area contributed by atoms with E-state index in [1.807, 2.05) is 17.3 Å². The van der Waals surface area contributed by atoms with E-state index in [1.165, 1.54) is 18.3 Å². The predicted octanol–water partition coefficient (Wildman–Crippen LogP) is 2.81. The monoisotopic (exact) mass is 361 g/mol. The zero-order valence-corrected chi connectivity index (χ0v) is 15.4. The van der Waals surface area contributed by atoms with E-state index in [-0.39, 0.29) is 17.6 Å². The van der Waals surface area contributed by atoms with Crippen LogP contribution in [0.4, 0.5) is 0 Å². The summed E-state index contributed by atoms with van der Waals surface area (Å²) in [6.45, 7) is 4.34. The number of ether oxygens (including phenoxy) is 1. The van der Waals surface area contributed by atoms with Crippen LogP contribution in [0.2, 0.25) is 0 Å². The number of thiophene rings is 1. The zero-order valence-electron chi connectivity index (χ0n) is 14.6. The quantitative estimate of drug-likeness (QED) is 0.742. The predicted molar refractivity (Wildman–Crippen MR) is 96.3 cm³/mol. The van der Waals surface area contributed by atoms with Crippen molar-refractivity contribution in [1.82, 2.24) is 14.5 Å². The minimum atomic E-state index is 0.000686. The zero-order chi connectivity index (χ0) is 17.8. The van der Waals surface area contributed by atoms with Gasteiger partial charge in [-0.3, -0.25) is 9.59 Å². The number of hydrogen-bond acceptors (Lipinski definition) is 5. The summed E-state index contributed by atoms with van der Waals surface area (Å²) in [5.74, 6) is 1.25. The standard InChI is InChI=1S/C18H23N3O3S/c1-13(22)16-10-15(12-25-16)18(23)21-6-3-4-14(11-21)17-19-5-7-20(17)8-9-24-2/h5,7,10,12,14H,3-4,6,8-9,11H2,1-2H3/t14-/m0/s1. The summed E-state index contributed by atoms with van der Waals surface area (Å²) < 4.78 is 7.27. The summed E-state index contributed by atoms with van der Waals surface area (Å²) in [6.07, 6.45) is 5.75. The summed E-state index contributed by atoms with van der Waals surface area (Å²) in [7, 11) is 1.69. The van der Waals surface area contributed by atoms with Crippen LogP contribution < -0.4 is 0 Å². The molecule has 2 aromatic heterocycles. The molecule has 0 radical (unpaired) electrons. The summed E-state index contributed by atoms with van der Waals surface area (Å²) in [5, 5.41) is 1.78. The van der Waals surface area contributed by atoms with Gasteiger partial charge in [0.25, 0.3) is 5.91 Å². The average molecular weight is 361 g/mol. The van der Waals surface area contributed by atoms with Crippen LogP contribution in [-0.4, -0.2) is 52.9 Å². The van der Waals surface area contributed by atoms with Gasteiger partial charge in [0.1, 0.15) is 5.82 Å². The highest BCUT2D eigenvalue weighted by molar-refractivity contribution is 7.12. The van der Waals surface area contributed by atoms with Crippen molar-refractivity contribution in [2.24, 2.45) is 0 Å². The number of Topliss-reactive ketones (excluding diaryl/α,β-unsaturated/α-hetero) is 1. The Kier molecular flexibility index (Phi) is 5.65. The van der Waals surface area contributed by atoms with Gasteiger partial charge in [0.15, 0.2) is 5.78 Å². The van der Waals surface area contributed by atoms with E-state index in [0.29, 0.717) is 23.6 Å². The lowest BCUT2D eigenvalue weighted by molar-refractivity contribution is 0.0703. The lowest BCUT2D eigenvalue weighted by Gasteiger charge is -2.32. The number of ketones is 1. The lowest BCUT2D eigenvalue weighted by Crippen LogP contribution is -2.39. The van der Waals surface area contributed by atoms with E-state index in [9.17, 15) is 9.59 Å². The fraction of sp³-hybridized carbons (Fsp3) is 0.500. The van der Waals surface area contributed by atoms with Gasteiger partial charge in [0, 0.05) is 50.4 Å². The summed E-state index contributed by atoms with van der Waals surface area (Å²) in [6, 6.07) is 1.71. The van der Waals surface area contributed by atoms with E-state index in [0.717, 1.165) is 31.8 Å². The molecule has 1 aliphatic rings. The Morgan fingerprint density at radius 3 is 3.00 bits per heavy atom. The first-order valence-corrected chi connectivity index (χ1v) is 9.37. The molecule has 134 valence electrons. The number of hydrogen-bond donors (Lipinski definition) is 0. The lowest BCUT2D eigenvalue weighted by atomic mass is 9.96. The molecule has 0 unspecified atom stereocenters. The molecule has 0 saturated carbocycles. The molecular weight excluding hydrogens is 338 g/mol. The number of carbonyl (C=O) groups excluding carboxylic acids is 2. The molecule has 0 bridgehead atoms. The van der Waals surface area contributed by atoms with Gasteiger partial charge in [-0.15, -0.1) is 11.3 Å². The molecule has 0 N–H and O–H groups in total. The third-order valence-electron chi connectivity index (χ3n) is 4.55. The van der Waals surface area contributed by atoms with E-state index >= 15 is 0 Å². The van der Waals surface area contributed by atoms with Crippen molar-refractivity contribution in [3.05, 3.63) is 40.1 Å². The first-order chi connectivity index (χ1) is 12.1. The maximum atomic E-state index is 12.8. The van der Waals surface area contributed by atoms with Gasteiger partial charge in [0.2, 0.25) is 0 Å². The Bertz CT molecular complexity index is 752. The number of amides is 1. The third kappa shape index (κ3) is 3.99. The molecule has 1 saturated heterocycles. The van der Waals surface area contributed by atoms with Gasteiger partial charge in [-0.2, -0.15) is 0 Å². The first kappa shape index (κ1) is 17.8. The number of aromatic nitrogens is 2. The van der Waals surface area contributed by atoms with E-state index in [1.54, 1.807) is 18.6 Å². The number of likely N-dealkylation sites (tertiary alicyclic amines) is 1. The van der Waals surface area contributed by atoms with Crippen LogP contribution in [0.3, 0.4) is 0 Å². The fourth-order valence-electron chi connectivity index (χ4n) is 3.25. The van der Waals surface area contributed by atoms with Gasteiger partial charge in [-0.05, 0) is 25.8 Å². The molecule has 1 atom stereocenters. The molecule has 3 rings (SSSR count). The second-order valence-corrected chi connectivity index (χ2v) is 7.23. The molecule has 1 fully saturated rings. The fourth-order valence-corrected chi connectivity index (χ4v) is 4.03. The molecular formula is C18H23N3O3S. The van der Waals surface area contributed by atoms with Crippen molar-refractivity contribution in [1.29, 1.82) is 0 Å². The van der Waals surface area contributed by atoms with E-state index in [2.05, 4.69) is 9.55 Å². The summed E-state index contributed by atoms with van der Waals surface area (Å²) in [4.78, 5) is 31.3. The van der Waals surface area contributed by atoms with Crippen LogP contribution in [-0.2, 0) is 11.3 Å². The van der Waals surface area contributed by atoms with Crippen molar-refractivity contribution in [3.8, 4) is 0 Å². The smallest absolute Gasteiger partial charge is 0.254 e. The van der Waals surface area contributed by atoms with Crippen molar-refractivity contribution >= 4 is 23.0 Å². The molecule has 0 aromatic carbocycles. The highest BCUT2D eigenvalue weighted by Gasteiger charge is 2.28. The maximum Gasteiger partial charge on any atom is 0.254 e. The number of carbonyl (C=O) groups is 2. The summed E-state index contributed by atoms with van der Waals surface area (Å²) >= 11 is 1.33. The third-order valence-corrected chi connectivity index (χ3v) is 5.58. The molecule has 0 spiro atoms. The van der Waals surface area contributed by atoms with Gasteiger partial charge >= 0.3 is 0 Å². The largest absolute Gasteiger partial charge is 0.383 e. The normalized spacial score (nSPS) is 17.7. The summed E-state index contributed by atoms with van der Waals surface area (Å²) in [5.41, 5.74) is 0.610. The highest BCUT2D eigenvalue weighted by Crippen LogP contribution is 2.27. The topological polar surface area (TPSA) is 64.4 Å². The van der Waals surface area contributed by atoms with Crippen LogP contribution >= 0.6 is 11.3 Å². The minimum Gasteiger partial charge on any atom is -0.383 e. The van der Waals surface area contributed by atoms with Gasteiger partial charge in [-0.1, -0.05) is 0 Å². The second-order valence-electron chi connectivity index (χ2n) is 6.32. The Labute approximate surface area is 151 Å². The molecule has 2 aromatic rings. The molecule has 1 amide bonds. The number of piperidine rings is 1. The Morgan fingerprint density at radius 1 is 1.44 bits per heavy atom. The molecule has 1 aliphatic heterocycles. The van der Waals surface area contributed by atoms with Gasteiger partial charge in [-0.25, -0.2) is 4.98 Å². The van der Waals surface area contributed by atoms with E-state index < -0.39 is 0 Å². The molecule has 0 aliphatic carbocycles. The Hall–Kier alpha value is -1.99. The van der Waals surface area contributed by atoms with Crippen LogP contribution in [0.25, 0.3) is 0 Å². The second kappa shape index (κ2) is 7.93. The first-order valence-electron chi connectivity index (χ1n) is 8.49. The number of nitrogens with zero attached hydrogens (tertiary/aromatic N) is 3. The number of imidazole rings is 1. The van der Waals surface area contributed by atoms with Crippen LogP contribution in [0, 0.1) is 0 Å². The average Bonchev–Trinajstić information content (AvgIpc) is 3.28. The molecule has 6 nitrogen and oxygen atoms in total. The van der Waals surface area contributed by atoms with Crippen molar-refractivity contribution in [2.45, 2.75) is 32.2 Å². The van der Waals surface area contributed by atoms with Crippen molar-refractivity contribution < 1.29 is 14.3 Å². The molecule has 3 heterocycles. The van der Waals surface area contributed by atoms with Gasteiger partial charge in [0.05, 0.1) is 17.0 Å². The van der Waals surface area contributed by atoms with Gasteiger partial charge < -0.3 is 14.2 Å². The number of methoxy groups -OCH3 is 1. The maximum absolute atomic E-state index is 12.8. The van der Waals surface area contributed by atoms with Crippen LogP contribution in [0.5, 0.6) is 0 Å². The van der Waals surface area contributed by atoms with Crippen LogP contribution in [0.1, 0.15) is 51.5 Å². The van der Waals surface area contributed by atoms with Crippen molar-refractivity contribution in [2.75, 3.05) is 26.8 Å². The van der Waals surface area contributed by atoms with E-state index in [4.69, 9.17) is 4.74 Å². The Morgan fingerprint density at radius 2 is 2.28 bits per heavy atom.